The second-order valence-electron chi connectivity index (χ2n) is 6.82. The molecular weight excluding hydrogens is 366 g/mol. The molecule has 0 aromatic heterocycles. The molecule has 152 valence electrons. The Morgan fingerprint density at radius 2 is 1.83 bits per heavy atom. The van der Waals surface area contributed by atoms with Crippen molar-refractivity contribution in [2.75, 3.05) is 26.9 Å². The number of esters is 1. The molecule has 3 rings (SSSR count). The average Bonchev–Trinajstić information content (AvgIpc) is 2.98. The van der Waals surface area contributed by atoms with Crippen molar-refractivity contribution < 1.29 is 19.0 Å². The Morgan fingerprint density at radius 3 is 2.59 bits per heavy atom. The maximum atomic E-state index is 11.9. The monoisotopic (exact) mass is 393 g/mol. The lowest BCUT2D eigenvalue weighted by atomic mass is 9.98. The summed E-state index contributed by atoms with van der Waals surface area (Å²) >= 11 is 0. The molecule has 5 nitrogen and oxygen atoms in total. The lowest BCUT2D eigenvalue weighted by molar-refractivity contribution is -0.136. The minimum Gasteiger partial charge on any atom is -0.491 e. The molecule has 2 aromatic rings. The molecule has 1 aliphatic rings. The van der Waals surface area contributed by atoms with Gasteiger partial charge in [0.25, 0.3) is 0 Å². The molecule has 5 heteroatoms. The van der Waals surface area contributed by atoms with Gasteiger partial charge < -0.3 is 14.2 Å². The van der Waals surface area contributed by atoms with Gasteiger partial charge in [-0.2, -0.15) is 0 Å². The van der Waals surface area contributed by atoms with Gasteiger partial charge in [-0.15, -0.1) is 0 Å². The first-order chi connectivity index (χ1) is 14.2. The van der Waals surface area contributed by atoms with E-state index >= 15 is 0 Å². The van der Waals surface area contributed by atoms with E-state index in [2.05, 4.69) is 18.0 Å². The van der Waals surface area contributed by atoms with Gasteiger partial charge in [-0.3, -0.25) is 4.99 Å². The first-order valence-corrected chi connectivity index (χ1v) is 9.96. The second-order valence-corrected chi connectivity index (χ2v) is 6.82. The molecular formula is C24H27NO4. The number of fused-ring (bicyclic) bond motifs is 1. The van der Waals surface area contributed by atoms with Gasteiger partial charge in [-0.1, -0.05) is 31.5 Å². The van der Waals surface area contributed by atoms with Gasteiger partial charge in [-0.05, 0) is 53.5 Å². The minimum absolute atomic E-state index is 0.324. The number of benzene rings is 2. The molecule has 0 amide bonds. The van der Waals surface area contributed by atoms with E-state index in [1.54, 1.807) is 12.3 Å². The zero-order valence-electron chi connectivity index (χ0n) is 17.0. The van der Waals surface area contributed by atoms with E-state index in [0.29, 0.717) is 25.2 Å². The lowest BCUT2D eigenvalue weighted by Crippen LogP contribution is -2.07. The van der Waals surface area contributed by atoms with Crippen LogP contribution in [0.5, 0.6) is 5.75 Å². The Labute approximate surface area is 172 Å². The highest BCUT2D eigenvalue weighted by Crippen LogP contribution is 2.31. The molecule has 2 aromatic carbocycles. The molecule has 0 radical (unpaired) electrons. The molecule has 0 unspecified atom stereocenters. The zero-order valence-corrected chi connectivity index (χ0v) is 17.0. The number of hydrogen-bond donors (Lipinski definition) is 0. The van der Waals surface area contributed by atoms with Gasteiger partial charge >= 0.3 is 5.97 Å². The standard InChI is InChI=1S/C24H27NO4/c1-3-4-13-28-14-15-29-22-8-5-18(6-9-22)19-7-10-23-21(16-19)17-20(11-12-25-23)24(26)27-2/h5-12,16H,3-4,13-15,17H2,1-2H3. The first kappa shape index (κ1) is 20.8. The number of hydrogen-bond acceptors (Lipinski definition) is 5. The summed E-state index contributed by atoms with van der Waals surface area (Å²) in [5, 5.41) is 0. The highest BCUT2D eigenvalue weighted by atomic mass is 16.5. The van der Waals surface area contributed by atoms with Crippen molar-refractivity contribution >= 4 is 17.9 Å². The lowest BCUT2D eigenvalue weighted by Gasteiger charge is -2.10. The Morgan fingerprint density at radius 1 is 1.03 bits per heavy atom. The van der Waals surface area contributed by atoms with Gasteiger partial charge in [0.2, 0.25) is 0 Å². The number of unbranched alkanes of at least 4 members (excludes halogenated alkanes) is 1. The molecule has 0 saturated heterocycles. The van der Waals surface area contributed by atoms with Crippen LogP contribution in [0.15, 0.2) is 59.1 Å². The van der Waals surface area contributed by atoms with Crippen LogP contribution < -0.4 is 4.74 Å². The number of methoxy groups -OCH3 is 1. The van der Waals surface area contributed by atoms with Crippen LogP contribution >= 0.6 is 0 Å². The average molecular weight is 393 g/mol. The molecule has 0 aliphatic carbocycles. The third-order valence-corrected chi connectivity index (χ3v) is 4.72. The fourth-order valence-corrected chi connectivity index (χ4v) is 3.09. The molecule has 0 fully saturated rings. The summed E-state index contributed by atoms with van der Waals surface area (Å²) in [6.45, 7) is 4.08. The van der Waals surface area contributed by atoms with Gasteiger partial charge in [-0.25, -0.2) is 4.79 Å². The largest absolute Gasteiger partial charge is 0.491 e. The number of aliphatic imine (C=N–C) groups is 1. The summed E-state index contributed by atoms with van der Waals surface area (Å²) in [6.07, 6.45) is 6.07. The number of nitrogens with zero attached hydrogens (tertiary/aromatic N) is 1. The van der Waals surface area contributed by atoms with E-state index in [9.17, 15) is 4.79 Å². The molecule has 29 heavy (non-hydrogen) atoms. The first-order valence-electron chi connectivity index (χ1n) is 9.96. The van der Waals surface area contributed by atoms with Gasteiger partial charge in [0.1, 0.15) is 12.4 Å². The number of carbonyl (C=O) groups excluding carboxylic acids is 1. The van der Waals surface area contributed by atoms with Crippen LogP contribution in [0.25, 0.3) is 11.1 Å². The Hall–Kier alpha value is -2.92. The summed E-state index contributed by atoms with van der Waals surface area (Å²) < 4.78 is 16.1. The fraction of sp³-hybridized carbons (Fsp3) is 0.333. The van der Waals surface area contributed by atoms with Crippen LogP contribution in [0.2, 0.25) is 0 Å². The molecule has 1 heterocycles. The highest BCUT2D eigenvalue weighted by Gasteiger charge is 2.15. The zero-order chi connectivity index (χ0) is 20.5. The van der Waals surface area contributed by atoms with Crippen LogP contribution in [0.4, 0.5) is 5.69 Å². The van der Waals surface area contributed by atoms with Gasteiger partial charge in [0.05, 0.1) is 19.4 Å². The normalized spacial score (nSPS) is 12.7. The predicted molar refractivity (Wildman–Crippen MR) is 115 cm³/mol. The van der Waals surface area contributed by atoms with Gasteiger partial charge in [0, 0.05) is 24.8 Å². The molecule has 0 N–H and O–H groups in total. The van der Waals surface area contributed by atoms with E-state index in [0.717, 1.165) is 47.6 Å². The predicted octanol–water partition coefficient (Wildman–Crippen LogP) is 4.91. The third-order valence-electron chi connectivity index (χ3n) is 4.72. The molecule has 0 saturated carbocycles. The molecule has 0 atom stereocenters. The quantitative estimate of drug-likeness (QED) is 0.449. The summed E-state index contributed by atoms with van der Waals surface area (Å²) in [4.78, 5) is 16.3. The van der Waals surface area contributed by atoms with Crippen molar-refractivity contribution in [2.45, 2.75) is 26.2 Å². The topological polar surface area (TPSA) is 57.1 Å². The van der Waals surface area contributed by atoms with E-state index in [-0.39, 0.29) is 5.97 Å². The minimum atomic E-state index is -0.324. The second kappa shape index (κ2) is 10.6. The van der Waals surface area contributed by atoms with Crippen molar-refractivity contribution in [1.29, 1.82) is 0 Å². The number of carbonyl (C=O) groups is 1. The third kappa shape index (κ3) is 5.78. The van der Waals surface area contributed by atoms with Gasteiger partial charge in [0.15, 0.2) is 0 Å². The van der Waals surface area contributed by atoms with Crippen LogP contribution in [0.1, 0.15) is 25.3 Å². The van der Waals surface area contributed by atoms with Crippen molar-refractivity contribution in [3.8, 4) is 16.9 Å². The van der Waals surface area contributed by atoms with Crippen LogP contribution in [-0.4, -0.2) is 39.1 Å². The summed E-state index contributed by atoms with van der Waals surface area (Å²) in [6, 6.07) is 14.1. The smallest absolute Gasteiger partial charge is 0.334 e. The Kier molecular flexibility index (Phi) is 7.59. The fourth-order valence-electron chi connectivity index (χ4n) is 3.09. The van der Waals surface area contributed by atoms with E-state index in [4.69, 9.17) is 14.2 Å². The van der Waals surface area contributed by atoms with Crippen molar-refractivity contribution in [1.82, 2.24) is 0 Å². The van der Waals surface area contributed by atoms with Crippen LogP contribution in [0.3, 0.4) is 0 Å². The molecule has 0 spiro atoms. The summed E-state index contributed by atoms with van der Waals surface area (Å²) in [5.41, 5.74) is 4.61. The number of ether oxygens (including phenoxy) is 3. The van der Waals surface area contributed by atoms with E-state index < -0.39 is 0 Å². The molecule has 0 bridgehead atoms. The van der Waals surface area contributed by atoms with Crippen molar-refractivity contribution in [3.05, 3.63) is 59.7 Å². The number of allylic oxidation sites excluding steroid dienone is 1. The SMILES string of the molecule is CCCCOCCOc1ccc(-c2ccc3c(c2)CC(C(=O)OC)=CC=N3)cc1. The Balaban J connectivity index is 1.64. The number of rotatable bonds is 9. The summed E-state index contributed by atoms with van der Waals surface area (Å²) in [5.74, 6) is 0.498. The maximum absolute atomic E-state index is 11.9. The van der Waals surface area contributed by atoms with Crippen LogP contribution in [0, 0.1) is 0 Å². The van der Waals surface area contributed by atoms with Crippen LogP contribution in [-0.2, 0) is 20.7 Å². The Bertz CT molecular complexity index is 884. The van der Waals surface area contributed by atoms with E-state index in [1.807, 2.05) is 36.4 Å². The highest BCUT2D eigenvalue weighted by molar-refractivity contribution is 5.95. The van der Waals surface area contributed by atoms with Crippen molar-refractivity contribution in [2.24, 2.45) is 4.99 Å². The maximum Gasteiger partial charge on any atom is 0.334 e. The summed E-state index contributed by atoms with van der Waals surface area (Å²) in [7, 11) is 1.39. The van der Waals surface area contributed by atoms with Crippen molar-refractivity contribution in [3.63, 3.8) is 0 Å². The van der Waals surface area contributed by atoms with E-state index in [1.165, 1.54) is 7.11 Å². The molecule has 1 aliphatic heterocycles.